The largest absolute Gasteiger partial charge is 0.481 e. The van der Waals surface area contributed by atoms with Crippen LogP contribution in [0.2, 0.25) is 0 Å². The lowest BCUT2D eigenvalue weighted by atomic mass is 9.98. The second-order valence-electron chi connectivity index (χ2n) is 7.94. The predicted molar refractivity (Wildman–Crippen MR) is 128 cm³/mol. The number of para-hydroxylation sites is 1. The zero-order valence-electron chi connectivity index (χ0n) is 19.5. The molecule has 0 aliphatic carbocycles. The maximum Gasteiger partial charge on any atom is 0.272 e. The maximum absolute atomic E-state index is 14.3. The Bertz CT molecular complexity index is 1360. The van der Waals surface area contributed by atoms with E-state index in [4.69, 9.17) is 4.74 Å². The lowest BCUT2D eigenvalue weighted by Gasteiger charge is -2.20. The van der Waals surface area contributed by atoms with Crippen molar-refractivity contribution in [2.24, 2.45) is 7.05 Å². The molecule has 35 heavy (non-hydrogen) atoms. The summed E-state index contributed by atoms with van der Waals surface area (Å²) in [7, 11) is 3.16. The molecule has 2 N–H and O–H groups in total. The average molecular weight is 477 g/mol. The van der Waals surface area contributed by atoms with Gasteiger partial charge in [0.1, 0.15) is 11.5 Å². The number of methoxy groups -OCH3 is 1. The minimum Gasteiger partial charge on any atom is -0.481 e. The Balaban J connectivity index is 1.59. The van der Waals surface area contributed by atoms with Gasteiger partial charge in [-0.15, -0.1) is 0 Å². The van der Waals surface area contributed by atoms with E-state index >= 15 is 0 Å². The molecule has 4 aromatic rings. The number of ether oxygens (including phenoxy) is 1. The van der Waals surface area contributed by atoms with Crippen LogP contribution in [0.5, 0.6) is 5.88 Å². The zero-order valence-corrected chi connectivity index (χ0v) is 19.5. The number of nitrogens with one attached hydrogen (secondary N) is 2. The summed E-state index contributed by atoms with van der Waals surface area (Å²) in [6.07, 6.45) is 1.69. The summed E-state index contributed by atoms with van der Waals surface area (Å²) in [5.41, 5.74) is 1.87. The highest BCUT2D eigenvalue weighted by molar-refractivity contribution is 5.94. The molecule has 180 valence electrons. The van der Waals surface area contributed by atoms with Crippen molar-refractivity contribution in [2.75, 3.05) is 12.4 Å². The monoisotopic (exact) mass is 476 g/mol. The summed E-state index contributed by atoms with van der Waals surface area (Å²) in [6, 6.07) is 16.0. The van der Waals surface area contributed by atoms with Crippen LogP contribution in [0.3, 0.4) is 0 Å². The standard InChI is InChI=1S/C25H25FN6O3/c1-16-8-4-5-9-17(16)19(14-23(33)28-22-12-13-31(2)30-22)27-25(34)20-15-24(35-3)32(29-20)21-11-7-6-10-18(21)26/h4-13,15,19H,14H2,1-3H3,(H,27,34)(H,28,30,33)/t19-/m0/s1. The fraction of sp³-hybridized carbons (Fsp3) is 0.200. The molecule has 2 heterocycles. The van der Waals surface area contributed by atoms with Gasteiger partial charge in [0.15, 0.2) is 11.5 Å². The first kappa shape index (κ1) is 23.7. The van der Waals surface area contributed by atoms with Gasteiger partial charge in [0.25, 0.3) is 5.91 Å². The lowest BCUT2D eigenvalue weighted by molar-refractivity contribution is -0.116. The highest BCUT2D eigenvalue weighted by Crippen LogP contribution is 2.24. The van der Waals surface area contributed by atoms with Crippen LogP contribution in [0.4, 0.5) is 10.2 Å². The second-order valence-corrected chi connectivity index (χ2v) is 7.94. The number of hydrogen-bond acceptors (Lipinski definition) is 5. The minimum atomic E-state index is -0.642. The van der Waals surface area contributed by atoms with Crippen molar-refractivity contribution in [1.29, 1.82) is 0 Å². The fourth-order valence-electron chi connectivity index (χ4n) is 3.73. The quantitative estimate of drug-likeness (QED) is 0.405. The van der Waals surface area contributed by atoms with E-state index in [1.807, 2.05) is 31.2 Å². The van der Waals surface area contributed by atoms with Crippen molar-refractivity contribution in [1.82, 2.24) is 24.9 Å². The van der Waals surface area contributed by atoms with Gasteiger partial charge >= 0.3 is 0 Å². The zero-order chi connectivity index (χ0) is 24.9. The van der Waals surface area contributed by atoms with Crippen LogP contribution in [0.1, 0.15) is 34.1 Å². The molecule has 0 saturated heterocycles. The van der Waals surface area contributed by atoms with E-state index in [-0.39, 0.29) is 29.6 Å². The summed E-state index contributed by atoms with van der Waals surface area (Å²) < 4.78 is 22.4. The number of aryl methyl sites for hydroxylation is 2. The molecule has 0 bridgehead atoms. The minimum absolute atomic E-state index is 0.0221. The number of nitrogens with zero attached hydrogens (tertiary/aromatic N) is 4. The van der Waals surface area contributed by atoms with E-state index in [0.29, 0.717) is 5.82 Å². The van der Waals surface area contributed by atoms with Gasteiger partial charge < -0.3 is 15.4 Å². The Labute approximate surface area is 201 Å². The Morgan fingerprint density at radius 1 is 1.09 bits per heavy atom. The van der Waals surface area contributed by atoms with Crippen LogP contribution in [0, 0.1) is 12.7 Å². The molecule has 9 nitrogen and oxygen atoms in total. The summed E-state index contributed by atoms with van der Waals surface area (Å²) in [5.74, 6) is -0.741. The molecule has 0 radical (unpaired) electrons. The predicted octanol–water partition coefficient (Wildman–Crippen LogP) is 3.56. The van der Waals surface area contributed by atoms with Crippen LogP contribution >= 0.6 is 0 Å². The number of carbonyl (C=O) groups is 2. The van der Waals surface area contributed by atoms with Gasteiger partial charge in [-0.3, -0.25) is 14.3 Å². The van der Waals surface area contributed by atoms with Crippen LogP contribution in [-0.2, 0) is 11.8 Å². The Hall–Kier alpha value is -4.47. The normalized spacial score (nSPS) is 11.7. The molecular formula is C25H25FN6O3. The molecule has 1 atom stereocenters. The molecule has 0 aliphatic heterocycles. The Morgan fingerprint density at radius 2 is 1.83 bits per heavy atom. The molecule has 10 heteroatoms. The average Bonchev–Trinajstić information content (AvgIpc) is 3.45. The van der Waals surface area contributed by atoms with Gasteiger partial charge in [0.2, 0.25) is 11.8 Å². The first-order valence-corrected chi connectivity index (χ1v) is 10.9. The highest BCUT2D eigenvalue weighted by atomic mass is 19.1. The van der Waals surface area contributed by atoms with Crippen molar-refractivity contribution in [3.05, 3.63) is 89.5 Å². The molecule has 0 saturated carbocycles. The summed E-state index contributed by atoms with van der Waals surface area (Å²) >= 11 is 0. The third kappa shape index (κ3) is 5.37. The van der Waals surface area contributed by atoms with Gasteiger partial charge in [-0.25, -0.2) is 4.39 Å². The van der Waals surface area contributed by atoms with Gasteiger partial charge in [-0.1, -0.05) is 36.4 Å². The number of benzene rings is 2. The highest BCUT2D eigenvalue weighted by Gasteiger charge is 2.24. The van der Waals surface area contributed by atoms with E-state index in [0.717, 1.165) is 11.1 Å². The second kappa shape index (κ2) is 10.2. The fourth-order valence-corrected chi connectivity index (χ4v) is 3.73. The summed E-state index contributed by atoms with van der Waals surface area (Å²) in [5, 5.41) is 14.0. The molecule has 0 aliphatic rings. The van der Waals surface area contributed by atoms with Gasteiger partial charge in [-0.05, 0) is 30.2 Å². The third-order valence-electron chi connectivity index (χ3n) is 5.44. The van der Waals surface area contributed by atoms with Crippen LogP contribution in [-0.4, -0.2) is 38.5 Å². The molecule has 2 aromatic heterocycles. The lowest BCUT2D eigenvalue weighted by Crippen LogP contribution is -2.32. The molecule has 0 unspecified atom stereocenters. The van der Waals surface area contributed by atoms with Crippen molar-refractivity contribution in [3.8, 4) is 11.6 Å². The molecule has 2 aromatic carbocycles. The number of anilines is 1. The van der Waals surface area contributed by atoms with Gasteiger partial charge in [0.05, 0.1) is 19.6 Å². The van der Waals surface area contributed by atoms with E-state index in [9.17, 15) is 14.0 Å². The van der Waals surface area contributed by atoms with E-state index in [2.05, 4.69) is 20.8 Å². The van der Waals surface area contributed by atoms with E-state index < -0.39 is 17.8 Å². The molecule has 0 spiro atoms. The number of halogens is 1. The molecule has 4 rings (SSSR count). The summed E-state index contributed by atoms with van der Waals surface area (Å²) in [4.78, 5) is 26.0. The van der Waals surface area contributed by atoms with Gasteiger partial charge in [0, 0.05) is 25.4 Å². The van der Waals surface area contributed by atoms with Crippen molar-refractivity contribution < 1.29 is 18.7 Å². The van der Waals surface area contributed by atoms with Crippen molar-refractivity contribution in [2.45, 2.75) is 19.4 Å². The Kier molecular flexibility index (Phi) is 6.91. The molecule has 2 amide bonds. The van der Waals surface area contributed by atoms with Crippen molar-refractivity contribution >= 4 is 17.6 Å². The first-order chi connectivity index (χ1) is 16.9. The number of aromatic nitrogens is 4. The van der Waals surface area contributed by atoms with E-state index in [1.165, 1.54) is 30.0 Å². The topological polar surface area (TPSA) is 103 Å². The van der Waals surface area contributed by atoms with Crippen LogP contribution < -0.4 is 15.4 Å². The molecular weight excluding hydrogens is 451 g/mol. The molecule has 0 fully saturated rings. The number of carbonyl (C=O) groups excluding carboxylic acids is 2. The van der Waals surface area contributed by atoms with Crippen LogP contribution in [0.15, 0.2) is 66.9 Å². The number of rotatable bonds is 8. The van der Waals surface area contributed by atoms with Crippen molar-refractivity contribution in [3.63, 3.8) is 0 Å². The smallest absolute Gasteiger partial charge is 0.272 e. The first-order valence-electron chi connectivity index (χ1n) is 10.9. The summed E-state index contributed by atoms with van der Waals surface area (Å²) in [6.45, 7) is 1.90. The third-order valence-corrected chi connectivity index (χ3v) is 5.44. The number of hydrogen-bond donors (Lipinski definition) is 2. The Morgan fingerprint density at radius 3 is 2.51 bits per heavy atom. The van der Waals surface area contributed by atoms with Crippen LogP contribution in [0.25, 0.3) is 5.69 Å². The maximum atomic E-state index is 14.3. The van der Waals surface area contributed by atoms with E-state index in [1.54, 1.807) is 36.1 Å². The van der Waals surface area contributed by atoms with Gasteiger partial charge in [-0.2, -0.15) is 14.9 Å². The number of amides is 2. The SMILES string of the molecule is COc1cc(C(=O)N[C@@H](CC(=O)Nc2ccn(C)n2)c2ccccc2C)nn1-c1ccccc1F.